The molecule has 0 spiro atoms. The lowest BCUT2D eigenvalue weighted by molar-refractivity contribution is -0.144. The van der Waals surface area contributed by atoms with Crippen LogP contribution in [0.2, 0.25) is 0 Å². The number of amides is 6. The molecule has 1 aliphatic rings. The van der Waals surface area contributed by atoms with Crippen molar-refractivity contribution >= 4 is 47.4 Å². The number of carbonyl (C=O) groups is 7. The highest BCUT2D eigenvalue weighted by Gasteiger charge is 2.44. The van der Waals surface area contributed by atoms with Crippen LogP contribution in [0.5, 0.6) is 0 Å². The van der Waals surface area contributed by atoms with Gasteiger partial charge in [-0.25, -0.2) is 4.79 Å². The summed E-state index contributed by atoms with van der Waals surface area (Å²) in [5, 5.41) is 37.8. The van der Waals surface area contributed by atoms with Crippen molar-refractivity contribution in [3.63, 3.8) is 0 Å². The van der Waals surface area contributed by atoms with E-state index < -0.39 is 77.6 Å². The van der Waals surface area contributed by atoms with Gasteiger partial charge in [0.25, 0.3) is 5.91 Å². The first-order valence-electron chi connectivity index (χ1n) is 12.7. The van der Waals surface area contributed by atoms with Crippen LogP contribution in [-0.4, -0.2) is 112 Å². The molecule has 0 aromatic rings. The number of aliphatic hydroxyl groups is 1. The molecule has 1 fully saturated rings. The smallest absolute Gasteiger partial charge is 0.405 e. The lowest BCUT2D eigenvalue weighted by Gasteiger charge is -2.34. The van der Waals surface area contributed by atoms with Gasteiger partial charge in [0.05, 0.1) is 6.10 Å². The Kier molecular flexibility index (Phi) is 12.9. The number of ketones is 1. The van der Waals surface area contributed by atoms with Crippen LogP contribution in [0.3, 0.4) is 0 Å². The van der Waals surface area contributed by atoms with Crippen molar-refractivity contribution < 1.29 is 43.8 Å². The lowest BCUT2D eigenvalue weighted by atomic mass is 10.00. The van der Waals surface area contributed by atoms with Gasteiger partial charge in [0.1, 0.15) is 23.7 Å². The molecule has 0 aliphatic carbocycles. The first-order valence-corrected chi connectivity index (χ1v) is 12.7. The fraction of sp³-hybridized carbons (Fsp3) is 0.652. The van der Waals surface area contributed by atoms with E-state index >= 15 is 0 Å². The van der Waals surface area contributed by atoms with Gasteiger partial charge in [-0.05, 0) is 33.1 Å². The Hall–Kier alpha value is -4.48. The summed E-state index contributed by atoms with van der Waals surface area (Å²) in [6, 6.07) is -3.92. The molecule has 0 saturated carbocycles. The number of guanidine groups is 1. The van der Waals surface area contributed by atoms with Crippen molar-refractivity contribution in [1.82, 2.24) is 31.5 Å². The number of carbonyl (C=O) groups excluding carboxylic acids is 6. The van der Waals surface area contributed by atoms with Crippen LogP contribution < -0.4 is 38.1 Å². The normalized spacial score (nSPS) is 17.9. The molecular weight excluding hydrogens is 546 g/mol. The number of nitrogens with zero attached hydrogens (tertiary/aromatic N) is 1. The first kappa shape index (κ1) is 34.5. The molecule has 230 valence electrons. The molecule has 0 radical (unpaired) electrons. The third-order valence-electron chi connectivity index (χ3n) is 6.21. The largest absolute Gasteiger partial charge is 0.465 e. The van der Waals surface area contributed by atoms with E-state index in [4.69, 9.17) is 22.0 Å². The SMILES string of the molecule is CNC(=O)C(=O)CC[C@H](NC(=O)O)C(=O)N[C@@H](CCCNC(=N)N)C(=O)NC(C)(C)C(=O)N1C[C@H](O)C[C@H]1C(N)=O. The summed E-state index contributed by atoms with van der Waals surface area (Å²) in [4.78, 5) is 87.0. The summed E-state index contributed by atoms with van der Waals surface area (Å²) in [7, 11) is 1.23. The number of likely N-dealkylation sites (N-methyl/N-ethyl adjacent to an activating group) is 1. The van der Waals surface area contributed by atoms with Crippen LogP contribution in [0, 0.1) is 5.41 Å². The average Bonchev–Trinajstić information content (AvgIpc) is 3.27. The molecule has 1 heterocycles. The molecule has 0 aromatic heterocycles. The van der Waals surface area contributed by atoms with E-state index in [0.29, 0.717) is 0 Å². The minimum absolute atomic E-state index is 0.0502. The number of rotatable bonds is 15. The minimum Gasteiger partial charge on any atom is -0.465 e. The second-order valence-corrected chi connectivity index (χ2v) is 9.97. The molecule has 18 heteroatoms. The van der Waals surface area contributed by atoms with Gasteiger partial charge in [-0.1, -0.05) is 0 Å². The Morgan fingerprint density at radius 3 is 2.17 bits per heavy atom. The quantitative estimate of drug-likeness (QED) is 0.0380. The van der Waals surface area contributed by atoms with Gasteiger partial charge < -0.3 is 53.2 Å². The molecule has 41 heavy (non-hydrogen) atoms. The van der Waals surface area contributed by atoms with Gasteiger partial charge in [0, 0.05) is 33.0 Å². The number of nitrogens with one attached hydrogen (secondary N) is 6. The van der Waals surface area contributed by atoms with Crippen LogP contribution in [0.25, 0.3) is 0 Å². The van der Waals surface area contributed by atoms with Crippen molar-refractivity contribution in [1.29, 1.82) is 5.41 Å². The number of Topliss-reactive ketones (excluding diaryl/α,β-unsaturated/α-hetero) is 1. The van der Waals surface area contributed by atoms with Crippen molar-refractivity contribution in [2.45, 2.75) is 75.7 Å². The maximum absolute atomic E-state index is 13.3. The van der Waals surface area contributed by atoms with E-state index in [2.05, 4.69) is 21.3 Å². The molecule has 0 unspecified atom stereocenters. The predicted octanol–water partition coefficient (Wildman–Crippen LogP) is -4.19. The fourth-order valence-electron chi connectivity index (χ4n) is 4.13. The molecule has 1 aliphatic heterocycles. The highest BCUT2D eigenvalue weighted by atomic mass is 16.4. The van der Waals surface area contributed by atoms with E-state index in [-0.39, 0.29) is 44.7 Å². The molecule has 4 atom stereocenters. The van der Waals surface area contributed by atoms with Crippen LogP contribution in [0.15, 0.2) is 0 Å². The fourth-order valence-corrected chi connectivity index (χ4v) is 4.13. The molecule has 18 nitrogen and oxygen atoms in total. The van der Waals surface area contributed by atoms with Gasteiger partial charge >= 0.3 is 6.09 Å². The maximum Gasteiger partial charge on any atom is 0.405 e. The third-order valence-corrected chi connectivity index (χ3v) is 6.21. The summed E-state index contributed by atoms with van der Waals surface area (Å²) < 4.78 is 0. The molecule has 12 N–H and O–H groups in total. The summed E-state index contributed by atoms with van der Waals surface area (Å²) in [6.45, 7) is 2.66. The van der Waals surface area contributed by atoms with Crippen LogP contribution in [0.4, 0.5) is 4.79 Å². The number of primary amides is 1. The number of β-amino-alcohol motifs (C(OH)–C–C–N with tert-alkyl or cyclic N) is 1. The van der Waals surface area contributed by atoms with E-state index in [1.165, 1.54) is 20.9 Å². The average molecular weight is 586 g/mol. The Balaban J connectivity index is 3.10. The monoisotopic (exact) mass is 585 g/mol. The standard InChI is InChI=1S/C23H39N9O9/c1-23(2,20(39)32-10-11(33)9-14(32)16(24)35)31-18(37)12(5-4-8-28-21(25)26)29-17(36)13(30-22(40)41)6-7-15(34)19(38)27-3/h11-14,30,33H,4-10H2,1-3H3,(H2,24,35)(H,27,38)(H,29,36)(H,31,37)(H,40,41)(H4,25,26,28)/t11-,12+,13+,14+/m1/s1. The lowest BCUT2D eigenvalue weighted by Crippen LogP contribution is -2.62. The number of hydrogen-bond acceptors (Lipinski definition) is 9. The summed E-state index contributed by atoms with van der Waals surface area (Å²) in [5.74, 6) is -5.50. The van der Waals surface area contributed by atoms with Crippen molar-refractivity contribution in [2.24, 2.45) is 11.5 Å². The highest BCUT2D eigenvalue weighted by Crippen LogP contribution is 2.22. The molecule has 6 amide bonds. The predicted molar refractivity (Wildman–Crippen MR) is 142 cm³/mol. The van der Waals surface area contributed by atoms with Gasteiger partial charge in [0.2, 0.25) is 29.4 Å². The number of likely N-dealkylation sites (tertiary alicyclic amines) is 1. The Morgan fingerprint density at radius 2 is 1.63 bits per heavy atom. The van der Waals surface area contributed by atoms with Crippen LogP contribution in [0.1, 0.15) is 46.0 Å². The number of hydrogen-bond donors (Lipinski definition) is 10. The molecule has 1 saturated heterocycles. The number of aliphatic hydroxyl groups excluding tert-OH is 1. The van der Waals surface area contributed by atoms with E-state index in [1.807, 2.05) is 5.32 Å². The van der Waals surface area contributed by atoms with Gasteiger partial charge in [0.15, 0.2) is 5.96 Å². The first-order chi connectivity index (χ1) is 19.0. The minimum atomic E-state index is -1.63. The zero-order valence-electron chi connectivity index (χ0n) is 23.1. The van der Waals surface area contributed by atoms with E-state index in [0.717, 1.165) is 4.90 Å². The van der Waals surface area contributed by atoms with Crippen molar-refractivity contribution in [2.75, 3.05) is 20.1 Å². The highest BCUT2D eigenvalue weighted by molar-refractivity contribution is 6.36. The van der Waals surface area contributed by atoms with Crippen molar-refractivity contribution in [3.05, 3.63) is 0 Å². The number of carboxylic acid groups (broad SMARTS) is 1. The van der Waals surface area contributed by atoms with Gasteiger partial charge in [-0.15, -0.1) is 0 Å². The Bertz CT molecular complexity index is 1050. The van der Waals surface area contributed by atoms with E-state index in [1.54, 1.807) is 0 Å². The van der Waals surface area contributed by atoms with Gasteiger partial charge in [-0.3, -0.25) is 34.2 Å². The van der Waals surface area contributed by atoms with Crippen molar-refractivity contribution in [3.8, 4) is 0 Å². The maximum atomic E-state index is 13.3. The van der Waals surface area contributed by atoms with Crippen LogP contribution in [-0.2, 0) is 28.8 Å². The summed E-state index contributed by atoms with van der Waals surface area (Å²) in [5.41, 5.74) is 8.98. The molecular formula is C23H39N9O9. The Morgan fingerprint density at radius 1 is 1.02 bits per heavy atom. The summed E-state index contributed by atoms with van der Waals surface area (Å²) in [6.07, 6.45) is -3.35. The number of nitrogens with two attached hydrogens (primary N) is 2. The Labute approximate surface area is 235 Å². The zero-order chi connectivity index (χ0) is 31.5. The molecule has 0 bridgehead atoms. The zero-order valence-corrected chi connectivity index (χ0v) is 23.1. The van der Waals surface area contributed by atoms with Crippen LogP contribution >= 0.6 is 0 Å². The molecule has 0 aromatic carbocycles. The van der Waals surface area contributed by atoms with Gasteiger partial charge in [-0.2, -0.15) is 0 Å². The van der Waals surface area contributed by atoms with E-state index in [9.17, 15) is 38.7 Å². The summed E-state index contributed by atoms with van der Waals surface area (Å²) >= 11 is 0. The molecule has 1 rings (SSSR count). The topological polar surface area (TPSA) is 299 Å². The second kappa shape index (κ2) is 15.3. The second-order valence-electron chi connectivity index (χ2n) is 9.97. The third kappa shape index (κ3) is 10.9.